The van der Waals surface area contributed by atoms with Crippen molar-refractivity contribution in [2.75, 3.05) is 23.4 Å². The molecule has 0 saturated carbocycles. The van der Waals surface area contributed by atoms with Gasteiger partial charge in [-0.25, -0.2) is 9.37 Å². The van der Waals surface area contributed by atoms with Crippen molar-refractivity contribution in [3.63, 3.8) is 0 Å². The smallest absolute Gasteiger partial charge is 0.419 e. The summed E-state index contributed by atoms with van der Waals surface area (Å²) in [6.45, 7) is 1.73. The van der Waals surface area contributed by atoms with E-state index in [1.165, 1.54) is 6.07 Å². The van der Waals surface area contributed by atoms with Crippen molar-refractivity contribution in [2.45, 2.75) is 19.1 Å². The standard InChI is InChI=1S/C23H19F4N3O3/c1-13-5-8-20(28-10-13)30-15(11-31)12-33-21-16(3-2-4-19(21)30)22(32)29-14-6-7-17(18(24)9-14)23(25,26)27/h2-10,15,31H,11-12H2,1H3,(H,29,32)/t15-/m0/s1. The average Bonchev–Trinajstić information content (AvgIpc) is 2.77. The Kier molecular flexibility index (Phi) is 5.94. The molecule has 0 aliphatic carbocycles. The summed E-state index contributed by atoms with van der Waals surface area (Å²) >= 11 is 0. The number of amides is 1. The fraction of sp³-hybridized carbons (Fsp3) is 0.217. The number of hydrogen-bond donors (Lipinski definition) is 2. The van der Waals surface area contributed by atoms with Crippen LogP contribution in [0.1, 0.15) is 21.5 Å². The molecule has 3 aromatic rings. The van der Waals surface area contributed by atoms with E-state index in [4.69, 9.17) is 4.74 Å². The summed E-state index contributed by atoms with van der Waals surface area (Å²) in [4.78, 5) is 19.1. The van der Waals surface area contributed by atoms with E-state index in [0.29, 0.717) is 23.6 Å². The van der Waals surface area contributed by atoms with Gasteiger partial charge in [0.15, 0.2) is 5.75 Å². The molecule has 0 unspecified atom stereocenters. The van der Waals surface area contributed by atoms with Crippen molar-refractivity contribution in [3.05, 3.63) is 77.2 Å². The molecular weight excluding hydrogens is 442 g/mol. The molecular formula is C23H19F4N3O3. The van der Waals surface area contributed by atoms with Crippen LogP contribution in [0.2, 0.25) is 0 Å². The summed E-state index contributed by atoms with van der Waals surface area (Å²) in [5.41, 5.74) is -0.0182. The predicted molar refractivity (Wildman–Crippen MR) is 113 cm³/mol. The number of aryl methyl sites for hydroxylation is 1. The van der Waals surface area contributed by atoms with E-state index in [0.717, 1.165) is 11.6 Å². The van der Waals surface area contributed by atoms with Gasteiger partial charge in [-0.1, -0.05) is 12.1 Å². The van der Waals surface area contributed by atoms with Crippen molar-refractivity contribution in [1.29, 1.82) is 0 Å². The monoisotopic (exact) mass is 461 g/mol. The lowest BCUT2D eigenvalue weighted by Crippen LogP contribution is -2.43. The second-order valence-corrected chi connectivity index (χ2v) is 7.51. The first-order valence-electron chi connectivity index (χ1n) is 9.95. The Balaban J connectivity index is 1.67. The number of benzene rings is 2. The Morgan fingerprint density at radius 3 is 2.67 bits per heavy atom. The Bertz CT molecular complexity index is 1180. The quantitative estimate of drug-likeness (QED) is 0.552. The van der Waals surface area contributed by atoms with Gasteiger partial charge in [0.05, 0.1) is 29.5 Å². The van der Waals surface area contributed by atoms with E-state index in [-0.39, 0.29) is 30.2 Å². The van der Waals surface area contributed by atoms with Gasteiger partial charge in [0.25, 0.3) is 5.91 Å². The summed E-state index contributed by atoms with van der Waals surface area (Å²) in [7, 11) is 0. The summed E-state index contributed by atoms with van der Waals surface area (Å²) in [6.07, 6.45) is -3.16. The number of aliphatic hydroxyl groups excluding tert-OH is 1. The highest BCUT2D eigenvalue weighted by molar-refractivity contribution is 6.07. The minimum atomic E-state index is -4.84. The molecule has 1 aromatic heterocycles. The van der Waals surface area contributed by atoms with E-state index < -0.39 is 29.5 Å². The van der Waals surface area contributed by atoms with Gasteiger partial charge in [-0.15, -0.1) is 0 Å². The van der Waals surface area contributed by atoms with Crippen LogP contribution in [0.25, 0.3) is 0 Å². The number of rotatable bonds is 4. The first-order chi connectivity index (χ1) is 15.7. The van der Waals surface area contributed by atoms with Gasteiger partial charge >= 0.3 is 6.18 Å². The third-order valence-corrected chi connectivity index (χ3v) is 5.17. The molecule has 1 aliphatic heterocycles. The van der Waals surface area contributed by atoms with Crippen LogP contribution in [0.15, 0.2) is 54.7 Å². The molecule has 0 fully saturated rings. The number of ether oxygens (including phenoxy) is 1. The average molecular weight is 461 g/mol. The van der Waals surface area contributed by atoms with Gasteiger partial charge < -0.3 is 20.1 Å². The number of pyridine rings is 1. The maximum absolute atomic E-state index is 13.9. The molecule has 1 amide bonds. The van der Waals surface area contributed by atoms with Crippen LogP contribution in [-0.2, 0) is 6.18 Å². The van der Waals surface area contributed by atoms with Crippen LogP contribution in [0.5, 0.6) is 5.75 Å². The van der Waals surface area contributed by atoms with Crippen molar-refractivity contribution in [3.8, 4) is 5.75 Å². The lowest BCUT2D eigenvalue weighted by Gasteiger charge is -2.37. The van der Waals surface area contributed by atoms with E-state index in [1.54, 1.807) is 29.3 Å². The molecule has 2 heterocycles. The number of aliphatic hydroxyl groups is 1. The maximum Gasteiger partial charge on any atom is 0.419 e. The summed E-state index contributed by atoms with van der Waals surface area (Å²) < 4.78 is 58.0. The zero-order chi connectivity index (χ0) is 23.8. The van der Waals surface area contributed by atoms with Gasteiger partial charge in [-0.2, -0.15) is 13.2 Å². The van der Waals surface area contributed by atoms with Crippen molar-refractivity contribution in [1.82, 2.24) is 4.98 Å². The second kappa shape index (κ2) is 8.70. The number of hydrogen-bond acceptors (Lipinski definition) is 5. The third-order valence-electron chi connectivity index (χ3n) is 5.17. The molecule has 2 N–H and O–H groups in total. The molecule has 0 radical (unpaired) electrons. The van der Waals surface area contributed by atoms with Crippen LogP contribution in [0.3, 0.4) is 0 Å². The number of carbonyl (C=O) groups is 1. The fourth-order valence-corrected chi connectivity index (χ4v) is 3.56. The number of halogens is 4. The zero-order valence-corrected chi connectivity index (χ0v) is 17.4. The minimum Gasteiger partial charge on any atom is -0.488 e. The van der Waals surface area contributed by atoms with E-state index >= 15 is 0 Å². The van der Waals surface area contributed by atoms with E-state index in [9.17, 15) is 27.5 Å². The highest BCUT2D eigenvalue weighted by Gasteiger charge is 2.34. The number of anilines is 3. The molecule has 6 nitrogen and oxygen atoms in total. The molecule has 1 aliphatic rings. The molecule has 0 bridgehead atoms. The lowest BCUT2D eigenvalue weighted by atomic mass is 10.1. The molecule has 10 heteroatoms. The van der Waals surface area contributed by atoms with Crippen molar-refractivity contribution in [2.24, 2.45) is 0 Å². The first-order valence-corrected chi connectivity index (χ1v) is 9.95. The Morgan fingerprint density at radius 2 is 2.03 bits per heavy atom. The first kappa shape index (κ1) is 22.5. The van der Waals surface area contributed by atoms with Gasteiger partial charge in [0, 0.05) is 11.9 Å². The minimum absolute atomic E-state index is 0.0677. The van der Waals surface area contributed by atoms with Crippen LogP contribution < -0.4 is 15.0 Å². The van der Waals surface area contributed by atoms with Crippen molar-refractivity contribution < 1.29 is 32.2 Å². The van der Waals surface area contributed by atoms with Crippen LogP contribution in [0.4, 0.5) is 34.8 Å². The molecule has 0 spiro atoms. The molecule has 2 aromatic carbocycles. The number of nitrogens with zero attached hydrogens (tertiary/aromatic N) is 2. The zero-order valence-electron chi connectivity index (χ0n) is 17.4. The van der Waals surface area contributed by atoms with Gasteiger partial charge in [0.2, 0.25) is 0 Å². The van der Waals surface area contributed by atoms with E-state index in [1.807, 2.05) is 13.0 Å². The highest BCUT2D eigenvalue weighted by Crippen LogP contribution is 2.41. The molecule has 4 rings (SSSR count). The topological polar surface area (TPSA) is 74.7 Å². The lowest BCUT2D eigenvalue weighted by molar-refractivity contribution is -0.139. The number of para-hydroxylation sites is 1. The number of nitrogens with one attached hydrogen (secondary N) is 1. The predicted octanol–water partition coefficient (Wildman–Crippen LogP) is 4.69. The largest absolute Gasteiger partial charge is 0.488 e. The maximum atomic E-state index is 13.9. The number of fused-ring (bicyclic) bond motifs is 1. The molecule has 172 valence electrons. The summed E-state index contributed by atoms with van der Waals surface area (Å²) in [6, 6.07) is 10.1. The molecule has 0 saturated heterocycles. The Morgan fingerprint density at radius 1 is 1.24 bits per heavy atom. The van der Waals surface area contributed by atoms with Crippen LogP contribution in [0, 0.1) is 12.7 Å². The number of carbonyl (C=O) groups excluding carboxylic acids is 1. The van der Waals surface area contributed by atoms with Gasteiger partial charge in [-0.3, -0.25) is 4.79 Å². The SMILES string of the molecule is Cc1ccc(N2c3cccc(C(=O)Nc4ccc(C(F)(F)F)c(F)c4)c3OC[C@@H]2CO)nc1. The van der Waals surface area contributed by atoms with Crippen molar-refractivity contribution >= 4 is 23.1 Å². The molecule has 33 heavy (non-hydrogen) atoms. The normalized spacial score (nSPS) is 15.6. The summed E-state index contributed by atoms with van der Waals surface area (Å²) in [5.74, 6) is -1.42. The van der Waals surface area contributed by atoms with Crippen LogP contribution >= 0.6 is 0 Å². The number of aromatic nitrogens is 1. The van der Waals surface area contributed by atoms with Gasteiger partial charge in [-0.05, 0) is 48.9 Å². The third kappa shape index (κ3) is 4.47. The summed E-state index contributed by atoms with van der Waals surface area (Å²) in [5, 5.41) is 12.2. The van der Waals surface area contributed by atoms with Gasteiger partial charge in [0.1, 0.15) is 18.2 Å². The molecule has 1 atom stereocenters. The Hall–Kier alpha value is -3.66. The van der Waals surface area contributed by atoms with E-state index in [2.05, 4.69) is 10.3 Å². The van der Waals surface area contributed by atoms with Crippen LogP contribution in [-0.4, -0.2) is 35.3 Å². The second-order valence-electron chi connectivity index (χ2n) is 7.51. The Labute approximate surface area is 186 Å². The highest BCUT2D eigenvalue weighted by atomic mass is 19.4. The number of alkyl halides is 3. The fourth-order valence-electron chi connectivity index (χ4n) is 3.56.